The Morgan fingerprint density at radius 3 is 2.52 bits per heavy atom. The highest BCUT2D eigenvalue weighted by molar-refractivity contribution is 6.05. The Morgan fingerprint density at radius 2 is 1.87 bits per heavy atom. The maximum Gasteiger partial charge on any atom is 0.255 e. The summed E-state index contributed by atoms with van der Waals surface area (Å²) in [6.07, 6.45) is 0. The number of nitrogens with one attached hydrogen (secondary N) is 1. The Hall–Kier alpha value is -2.49. The fourth-order valence-corrected chi connectivity index (χ4v) is 2.40. The van der Waals surface area contributed by atoms with E-state index in [0.29, 0.717) is 29.6 Å². The van der Waals surface area contributed by atoms with Crippen LogP contribution in [0.3, 0.4) is 0 Å². The van der Waals surface area contributed by atoms with Gasteiger partial charge in [0.25, 0.3) is 5.91 Å². The third kappa shape index (κ3) is 4.03. The Balaban J connectivity index is 2.26. The van der Waals surface area contributed by atoms with E-state index in [9.17, 15) is 4.79 Å². The van der Waals surface area contributed by atoms with Crippen LogP contribution in [0.2, 0.25) is 0 Å². The van der Waals surface area contributed by atoms with E-state index in [1.165, 1.54) is 0 Å². The van der Waals surface area contributed by atoms with Crippen molar-refractivity contribution in [3.63, 3.8) is 0 Å². The number of carbonyl (C=O) groups is 1. The number of amides is 1. The topological polar surface area (TPSA) is 47.6 Å². The van der Waals surface area contributed by atoms with Crippen LogP contribution in [0.5, 0.6) is 11.5 Å². The van der Waals surface area contributed by atoms with Crippen molar-refractivity contribution in [2.75, 3.05) is 19.0 Å². The van der Waals surface area contributed by atoms with Crippen LogP contribution >= 0.6 is 0 Å². The number of para-hydroxylation sites is 1. The zero-order valence-electron chi connectivity index (χ0n) is 14.1. The van der Waals surface area contributed by atoms with Gasteiger partial charge < -0.3 is 14.8 Å². The van der Waals surface area contributed by atoms with E-state index >= 15 is 0 Å². The molecule has 2 aromatic carbocycles. The standard InChI is InChI=1S/C19H23NO3/c1-5-23-18-12-14(10-11-17(18)22-4)19(21)20-16-9-7-6-8-15(16)13(2)3/h6-13H,5H2,1-4H3,(H,20,21). The summed E-state index contributed by atoms with van der Waals surface area (Å²) in [6.45, 7) is 6.61. The molecule has 0 aliphatic heterocycles. The van der Waals surface area contributed by atoms with Crippen molar-refractivity contribution in [3.05, 3.63) is 53.6 Å². The van der Waals surface area contributed by atoms with E-state index in [2.05, 4.69) is 19.2 Å². The van der Waals surface area contributed by atoms with Gasteiger partial charge in [0.05, 0.1) is 13.7 Å². The van der Waals surface area contributed by atoms with Gasteiger partial charge in [-0.2, -0.15) is 0 Å². The van der Waals surface area contributed by atoms with Gasteiger partial charge in [-0.1, -0.05) is 32.0 Å². The van der Waals surface area contributed by atoms with Gasteiger partial charge in [-0.3, -0.25) is 4.79 Å². The van der Waals surface area contributed by atoms with Crippen LogP contribution in [0.4, 0.5) is 5.69 Å². The summed E-state index contributed by atoms with van der Waals surface area (Å²) < 4.78 is 10.8. The third-order valence-corrected chi connectivity index (χ3v) is 3.56. The van der Waals surface area contributed by atoms with Crippen LogP contribution in [0.1, 0.15) is 42.6 Å². The normalized spacial score (nSPS) is 10.5. The molecule has 0 heterocycles. The van der Waals surface area contributed by atoms with E-state index in [4.69, 9.17) is 9.47 Å². The summed E-state index contributed by atoms with van der Waals surface area (Å²) in [4.78, 5) is 12.5. The molecule has 0 saturated heterocycles. The van der Waals surface area contributed by atoms with Crippen molar-refractivity contribution < 1.29 is 14.3 Å². The number of carbonyl (C=O) groups excluding carboxylic acids is 1. The average Bonchev–Trinajstić information content (AvgIpc) is 2.55. The molecule has 23 heavy (non-hydrogen) atoms. The van der Waals surface area contributed by atoms with Crippen molar-refractivity contribution in [3.8, 4) is 11.5 Å². The summed E-state index contributed by atoms with van der Waals surface area (Å²) in [5.41, 5.74) is 2.48. The minimum atomic E-state index is -0.165. The lowest BCUT2D eigenvalue weighted by Crippen LogP contribution is -2.14. The van der Waals surface area contributed by atoms with Gasteiger partial charge in [0.2, 0.25) is 0 Å². The van der Waals surface area contributed by atoms with E-state index in [1.807, 2.05) is 31.2 Å². The number of ether oxygens (including phenoxy) is 2. The molecule has 2 rings (SSSR count). The van der Waals surface area contributed by atoms with Crippen LogP contribution in [-0.4, -0.2) is 19.6 Å². The smallest absolute Gasteiger partial charge is 0.255 e. The van der Waals surface area contributed by atoms with Crippen molar-refractivity contribution >= 4 is 11.6 Å². The van der Waals surface area contributed by atoms with E-state index in [1.54, 1.807) is 25.3 Å². The SMILES string of the molecule is CCOc1cc(C(=O)Nc2ccccc2C(C)C)ccc1OC. The van der Waals surface area contributed by atoms with E-state index in [0.717, 1.165) is 11.3 Å². The Labute approximate surface area is 137 Å². The summed E-state index contributed by atoms with van der Waals surface area (Å²) in [6, 6.07) is 13.0. The van der Waals surface area contributed by atoms with Crippen LogP contribution < -0.4 is 14.8 Å². The van der Waals surface area contributed by atoms with Gasteiger partial charge in [-0.15, -0.1) is 0 Å². The lowest BCUT2D eigenvalue weighted by Gasteiger charge is -2.15. The quantitative estimate of drug-likeness (QED) is 0.856. The number of methoxy groups -OCH3 is 1. The molecule has 0 aromatic heterocycles. The highest BCUT2D eigenvalue weighted by atomic mass is 16.5. The fraction of sp³-hybridized carbons (Fsp3) is 0.316. The molecule has 0 spiro atoms. The van der Waals surface area contributed by atoms with Crippen LogP contribution in [0.25, 0.3) is 0 Å². The second-order valence-electron chi connectivity index (χ2n) is 5.49. The van der Waals surface area contributed by atoms with Gasteiger partial charge in [-0.05, 0) is 42.7 Å². The first kappa shape index (κ1) is 16.9. The molecule has 0 aliphatic rings. The molecule has 0 bridgehead atoms. The largest absolute Gasteiger partial charge is 0.493 e. The van der Waals surface area contributed by atoms with Crippen molar-refractivity contribution in [2.24, 2.45) is 0 Å². The summed E-state index contributed by atoms with van der Waals surface area (Å²) >= 11 is 0. The zero-order chi connectivity index (χ0) is 16.8. The first-order valence-electron chi connectivity index (χ1n) is 7.78. The maximum absolute atomic E-state index is 12.5. The van der Waals surface area contributed by atoms with E-state index < -0.39 is 0 Å². The summed E-state index contributed by atoms with van der Waals surface area (Å²) in [5, 5.41) is 2.98. The molecule has 0 fully saturated rings. The molecule has 1 amide bonds. The monoisotopic (exact) mass is 313 g/mol. The van der Waals surface area contributed by atoms with Gasteiger partial charge in [-0.25, -0.2) is 0 Å². The van der Waals surface area contributed by atoms with Crippen molar-refractivity contribution in [1.82, 2.24) is 0 Å². The van der Waals surface area contributed by atoms with Gasteiger partial charge in [0.1, 0.15) is 0 Å². The fourth-order valence-electron chi connectivity index (χ4n) is 2.40. The molecule has 2 aromatic rings. The van der Waals surface area contributed by atoms with Gasteiger partial charge >= 0.3 is 0 Å². The molecular formula is C19H23NO3. The van der Waals surface area contributed by atoms with Crippen molar-refractivity contribution in [2.45, 2.75) is 26.7 Å². The zero-order valence-corrected chi connectivity index (χ0v) is 14.1. The second-order valence-corrected chi connectivity index (χ2v) is 5.49. The first-order chi connectivity index (χ1) is 11.1. The highest BCUT2D eigenvalue weighted by Crippen LogP contribution is 2.29. The Kier molecular flexibility index (Phi) is 5.63. The number of rotatable bonds is 6. The molecule has 0 saturated carbocycles. The number of hydrogen-bond donors (Lipinski definition) is 1. The predicted molar refractivity (Wildman–Crippen MR) is 92.6 cm³/mol. The third-order valence-electron chi connectivity index (χ3n) is 3.56. The van der Waals surface area contributed by atoms with Crippen LogP contribution in [0.15, 0.2) is 42.5 Å². The lowest BCUT2D eigenvalue weighted by molar-refractivity contribution is 0.102. The minimum Gasteiger partial charge on any atom is -0.493 e. The highest BCUT2D eigenvalue weighted by Gasteiger charge is 2.13. The van der Waals surface area contributed by atoms with Crippen LogP contribution in [0, 0.1) is 0 Å². The number of benzene rings is 2. The van der Waals surface area contributed by atoms with E-state index in [-0.39, 0.29) is 5.91 Å². The Morgan fingerprint density at radius 1 is 1.13 bits per heavy atom. The molecule has 0 aliphatic carbocycles. The predicted octanol–water partition coefficient (Wildman–Crippen LogP) is 4.47. The molecule has 0 atom stereocenters. The van der Waals surface area contributed by atoms with Gasteiger partial charge in [0.15, 0.2) is 11.5 Å². The summed E-state index contributed by atoms with van der Waals surface area (Å²) in [7, 11) is 1.58. The number of hydrogen-bond acceptors (Lipinski definition) is 3. The van der Waals surface area contributed by atoms with Crippen LogP contribution in [-0.2, 0) is 0 Å². The molecule has 0 radical (unpaired) electrons. The minimum absolute atomic E-state index is 0.165. The number of anilines is 1. The molecule has 1 N–H and O–H groups in total. The molecule has 122 valence electrons. The maximum atomic E-state index is 12.5. The molecular weight excluding hydrogens is 290 g/mol. The second kappa shape index (κ2) is 7.68. The molecule has 0 unspecified atom stereocenters. The molecule has 4 nitrogen and oxygen atoms in total. The summed E-state index contributed by atoms with van der Waals surface area (Å²) in [5.74, 6) is 1.36. The molecule has 4 heteroatoms. The Bertz CT molecular complexity index is 680. The van der Waals surface area contributed by atoms with Crippen molar-refractivity contribution in [1.29, 1.82) is 0 Å². The van der Waals surface area contributed by atoms with Gasteiger partial charge in [0, 0.05) is 11.3 Å². The lowest BCUT2D eigenvalue weighted by atomic mass is 10.0. The average molecular weight is 313 g/mol. The first-order valence-corrected chi connectivity index (χ1v) is 7.78.